The topological polar surface area (TPSA) is 68.3 Å². The van der Waals surface area contributed by atoms with E-state index in [4.69, 9.17) is 0 Å². The number of fused-ring (bicyclic) bond motifs is 8. The minimum Gasteiger partial charge on any atom is -0.288 e. The van der Waals surface area contributed by atoms with Crippen LogP contribution in [0.2, 0.25) is 0 Å². The van der Waals surface area contributed by atoms with Crippen LogP contribution >= 0.6 is 90.7 Å². The molecule has 0 amide bonds. The Bertz CT molecular complexity index is 6470. The summed E-state index contributed by atoms with van der Waals surface area (Å²) in [5, 5.41) is 0. The van der Waals surface area contributed by atoms with Crippen LogP contribution in [-0.2, 0) is 62.2 Å². The fourth-order valence-corrected chi connectivity index (χ4v) is 33.3. The number of unbranched alkanes of at least 4 members (excludes halogenated alkanes) is 24. The van der Waals surface area contributed by atoms with Crippen molar-refractivity contribution < 1.29 is 19.2 Å². The molecule has 742 valence electrons. The standard InChI is InChI=1S/C132H142O4S8/c1-9-17-25-33-45-87-57-65-95(66-58-87)131(96-67-59-88(60-68-96)46-34-26-18-10-2)111-83-106-108-86-120(118-80-94(52-40-32-24-16-8)128(142-118)116-76-74-114(140-116)126-92(50-38-30-22-14-6)78-100(138-126)82-110-123(135)103-55-43-44-56-104(103)124(110)136)144-130(108)132(97-69-61-89(62-70-97)47-35-27-19-11-3,98-71-63-90(64-72-98)48-36-28-20-12-4)112(106)84-105(111)107-85-119(143-129(107)131)117-79-93(51-39-31-23-15-7)127(141-117)115-75-73-113(139-115)125-91(49-37-29-21-13-5)77-99(137-125)81-109-121(133)101-53-41-42-54-102(101)122(109)134/h41-44,53-86H,9-40,45-52H2,1-8H3. The molecular formula is C132H142O4S8. The van der Waals surface area contributed by atoms with Crippen LogP contribution < -0.4 is 0 Å². The highest BCUT2D eigenvalue weighted by molar-refractivity contribution is 7.30. The van der Waals surface area contributed by atoms with Gasteiger partial charge < -0.3 is 0 Å². The van der Waals surface area contributed by atoms with Gasteiger partial charge in [0.2, 0.25) is 0 Å². The van der Waals surface area contributed by atoms with Crippen molar-refractivity contribution in [3.8, 4) is 80.8 Å². The fraction of sp³-hybridized carbons (Fsp3) is 0.379. The maximum absolute atomic E-state index is 14.0. The molecule has 0 saturated heterocycles. The minimum atomic E-state index is -0.710. The number of benzene rings is 7. The second kappa shape index (κ2) is 48.1. The van der Waals surface area contributed by atoms with Crippen molar-refractivity contribution in [1.29, 1.82) is 0 Å². The number of ketones is 4. The van der Waals surface area contributed by atoms with E-state index in [1.165, 1.54) is 335 Å². The molecular weight excluding hydrogens is 1910 g/mol. The van der Waals surface area contributed by atoms with E-state index in [9.17, 15) is 19.2 Å². The molecule has 0 atom stereocenters. The first-order valence-electron chi connectivity index (χ1n) is 55.1. The fourth-order valence-electron chi connectivity index (χ4n) is 23.0. The monoisotopic (exact) mass is 2050 g/mol. The number of rotatable bonds is 52. The summed E-state index contributed by atoms with van der Waals surface area (Å²) in [6.07, 6.45) is 50.1. The highest BCUT2D eigenvalue weighted by atomic mass is 32.1. The largest absolute Gasteiger partial charge is 0.288 e. The molecule has 12 heteroatoms. The average Bonchev–Trinajstić information content (AvgIpc) is 1.50. The first-order valence-corrected chi connectivity index (χ1v) is 61.6. The van der Waals surface area contributed by atoms with E-state index in [1.54, 1.807) is 46.9 Å². The predicted octanol–water partition coefficient (Wildman–Crippen LogP) is 40.8. The molecule has 4 nitrogen and oxygen atoms in total. The Labute approximate surface area is 890 Å². The second-order valence-corrected chi connectivity index (χ2v) is 49.8. The van der Waals surface area contributed by atoms with E-state index < -0.39 is 10.8 Å². The quantitative estimate of drug-likeness (QED) is 0.0216. The molecule has 0 bridgehead atoms. The van der Waals surface area contributed by atoms with Crippen molar-refractivity contribution in [3.05, 3.63) is 349 Å². The number of carbonyl (C=O) groups excluding carboxylic acids is 4. The van der Waals surface area contributed by atoms with Gasteiger partial charge in [0.1, 0.15) is 0 Å². The van der Waals surface area contributed by atoms with Crippen LogP contribution in [0.3, 0.4) is 0 Å². The Kier molecular flexibility index (Phi) is 34.3. The highest BCUT2D eigenvalue weighted by Gasteiger charge is 2.54. The maximum atomic E-state index is 14.0. The van der Waals surface area contributed by atoms with E-state index >= 15 is 0 Å². The third-order valence-corrected chi connectivity index (χ3v) is 41.4. The molecule has 0 N–H and O–H groups in total. The molecule has 0 radical (unpaired) electrons. The molecule has 0 unspecified atom stereocenters. The van der Waals surface area contributed by atoms with Gasteiger partial charge in [0.15, 0.2) is 23.1 Å². The van der Waals surface area contributed by atoms with Crippen molar-refractivity contribution in [2.45, 2.75) is 323 Å². The molecule has 0 saturated carbocycles. The van der Waals surface area contributed by atoms with E-state index in [0.29, 0.717) is 22.3 Å². The average molecular weight is 2050 g/mol. The SMILES string of the molecule is CCCCCCc1ccc(C2(c3ccc(CCCCCC)cc3)c3cc4c(cc3-c3cc(-c5cc(CCCCCC)c(-c6ccc(-c7sc(C=C8C(=O)c9ccccc9C8=O)cc7CCCCCC)s6)s5)sc32)C(c2ccc(CCCCCC)cc2)(c2ccc(CCCCCC)cc2)c2sc(-c3cc(CCCCCC)c(-c5ccc(-c6sc(C=C7C(=O)c8ccccc8C7=O)cc6CCCCCC)s5)s3)cc2-4)cc1. The summed E-state index contributed by atoms with van der Waals surface area (Å²) in [5.41, 5.74) is 25.5. The van der Waals surface area contributed by atoms with Gasteiger partial charge in [-0.15, -0.1) is 90.7 Å². The highest BCUT2D eigenvalue weighted by Crippen LogP contribution is 2.67. The first-order chi connectivity index (χ1) is 70.7. The van der Waals surface area contributed by atoms with Gasteiger partial charge in [-0.2, -0.15) is 0 Å². The minimum absolute atomic E-state index is 0.177. The Hall–Kier alpha value is -9.70. The zero-order valence-corrected chi connectivity index (χ0v) is 92.7. The van der Waals surface area contributed by atoms with E-state index in [0.717, 1.165) is 99.6 Å². The Balaban J connectivity index is 0.802. The lowest BCUT2D eigenvalue weighted by molar-refractivity contribution is 0.0975. The lowest BCUT2D eigenvalue weighted by atomic mass is 9.68. The van der Waals surface area contributed by atoms with Crippen LogP contribution in [0.4, 0.5) is 0 Å². The number of Topliss-reactive ketones (excluding diaryl/α,β-unsaturated/α-hetero) is 4. The molecule has 19 rings (SSSR count). The lowest BCUT2D eigenvalue weighted by Gasteiger charge is -2.35. The zero-order valence-electron chi connectivity index (χ0n) is 86.1. The summed E-state index contributed by atoms with van der Waals surface area (Å²) in [5.74, 6) is -0.707. The summed E-state index contributed by atoms with van der Waals surface area (Å²) in [6, 6.07) is 85.4. The molecule has 0 fully saturated rings. The van der Waals surface area contributed by atoms with Crippen molar-refractivity contribution in [1.82, 2.24) is 0 Å². The van der Waals surface area contributed by atoms with E-state index in [2.05, 4.69) is 248 Å². The predicted molar refractivity (Wildman–Crippen MR) is 626 cm³/mol. The summed E-state index contributed by atoms with van der Waals surface area (Å²) in [4.78, 5) is 76.3. The Morgan fingerprint density at radius 3 is 0.715 bits per heavy atom. The van der Waals surface area contributed by atoms with Gasteiger partial charge in [0.05, 0.1) is 22.0 Å². The molecule has 144 heavy (non-hydrogen) atoms. The Morgan fingerprint density at radius 1 is 0.208 bits per heavy atom. The van der Waals surface area contributed by atoms with Crippen molar-refractivity contribution in [2.24, 2.45) is 0 Å². The Morgan fingerprint density at radius 2 is 0.451 bits per heavy atom. The number of aryl methyl sites for hydroxylation is 8. The molecule has 4 aliphatic rings. The normalized spacial score (nSPS) is 13.7. The number of hydrogen-bond donors (Lipinski definition) is 0. The molecule has 8 aromatic heterocycles. The number of thiophene rings is 8. The molecule has 4 aliphatic carbocycles. The first kappa shape index (κ1) is 103. The summed E-state index contributed by atoms with van der Waals surface area (Å²) in [7, 11) is 0. The van der Waals surface area contributed by atoms with Crippen LogP contribution in [0.25, 0.3) is 92.9 Å². The smallest absolute Gasteiger partial charge is 0.197 e. The van der Waals surface area contributed by atoms with Crippen LogP contribution in [0.5, 0.6) is 0 Å². The van der Waals surface area contributed by atoms with Gasteiger partial charge in [0, 0.05) is 100 Å². The van der Waals surface area contributed by atoms with Crippen molar-refractivity contribution in [2.75, 3.05) is 0 Å². The molecule has 7 aromatic carbocycles. The third kappa shape index (κ3) is 21.4. The lowest BCUT2D eigenvalue weighted by Crippen LogP contribution is -2.29. The van der Waals surface area contributed by atoms with Gasteiger partial charge in [0.25, 0.3) is 0 Å². The van der Waals surface area contributed by atoms with Gasteiger partial charge >= 0.3 is 0 Å². The summed E-state index contributed by atoms with van der Waals surface area (Å²) in [6.45, 7) is 18.5. The van der Waals surface area contributed by atoms with Crippen LogP contribution in [0, 0.1) is 0 Å². The van der Waals surface area contributed by atoms with E-state index in [-0.39, 0.29) is 34.3 Å². The molecule has 8 heterocycles. The number of hydrogen-bond acceptors (Lipinski definition) is 12. The third-order valence-electron chi connectivity index (χ3n) is 31.0. The van der Waals surface area contributed by atoms with Gasteiger partial charge in [-0.05, 0) is 288 Å². The number of allylic oxidation sites excluding steroid dienone is 2. The van der Waals surface area contributed by atoms with Crippen molar-refractivity contribution in [3.63, 3.8) is 0 Å². The van der Waals surface area contributed by atoms with Crippen molar-refractivity contribution >= 4 is 126 Å². The van der Waals surface area contributed by atoms with Gasteiger partial charge in [-0.25, -0.2) is 0 Å². The van der Waals surface area contributed by atoms with Crippen LogP contribution in [0.15, 0.2) is 230 Å². The van der Waals surface area contributed by atoms with Gasteiger partial charge in [-0.1, -0.05) is 355 Å². The number of carbonyl (C=O) groups is 4. The van der Waals surface area contributed by atoms with Crippen LogP contribution in [0.1, 0.15) is 400 Å². The molecule has 0 spiro atoms. The van der Waals surface area contributed by atoms with Crippen LogP contribution in [-0.4, -0.2) is 23.1 Å². The van der Waals surface area contributed by atoms with Gasteiger partial charge in [-0.3, -0.25) is 19.2 Å². The molecule has 0 aliphatic heterocycles. The summed E-state index contributed by atoms with van der Waals surface area (Å²) >= 11 is 15.4. The van der Waals surface area contributed by atoms with E-state index in [1.807, 2.05) is 81.8 Å². The zero-order chi connectivity index (χ0) is 99.2. The maximum Gasteiger partial charge on any atom is 0.197 e. The summed E-state index contributed by atoms with van der Waals surface area (Å²) < 4.78 is 0. The molecule has 15 aromatic rings. The second-order valence-electron chi connectivity index (χ2n) is 41.2.